The fourth-order valence-electron chi connectivity index (χ4n) is 2.88. The second-order valence-electron chi connectivity index (χ2n) is 6.04. The summed E-state index contributed by atoms with van der Waals surface area (Å²) in [6.07, 6.45) is 0. The van der Waals surface area contributed by atoms with Crippen molar-refractivity contribution >= 4 is 11.9 Å². The molecule has 122 valence electrons. The molecule has 2 aromatic rings. The number of hydrogen-bond acceptors (Lipinski definition) is 4. The second-order valence-corrected chi connectivity index (χ2v) is 7.31. The highest BCUT2D eigenvalue weighted by atomic mass is 32.2. The van der Waals surface area contributed by atoms with E-state index < -0.39 is 0 Å². The van der Waals surface area contributed by atoms with Crippen LogP contribution < -0.4 is 5.32 Å². The van der Waals surface area contributed by atoms with E-state index in [1.54, 1.807) is 0 Å². The Hall–Kier alpha value is -1.33. The predicted octanol–water partition coefficient (Wildman–Crippen LogP) is 3.23. The fraction of sp³-hybridized carbons (Fsp3) is 0.368. The zero-order chi connectivity index (χ0) is 15.9. The summed E-state index contributed by atoms with van der Waals surface area (Å²) < 4.78 is 2.29. The van der Waals surface area contributed by atoms with Crippen molar-refractivity contribution in [2.24, 2.45) is 0 Å². The second kappa shape index (κ2) is 8.50. The highest BCUT2D eigenvalue weighted by molar-refractivity contribution is 7.97. The molecule has 2 aromatic carbocycles. The molecule has 3 nitrogen and oxygen atoms in total. The van der Waals surface area contributed by atoms with Crippen LogP contribution in [-0.2, 0) is 13.1 Å². The quantitative estimate of drug-likeness (QED) is 0.821. The highest BCUT2D eigenvalue weighted by Crippen LogP contribution is 2.24. The van der Waals surface area contributed by atoms with E-state index >= 15 is 0 Å². The van der Waals surface area contributed by atoms with Gasteiger partial charge in [-0.3, -0.25) is 4.90 Å². The Morgan fingerprint density at radius 3 is 2.52 bits per heavy atom. The van der Waals surface area contributed by atoms with Crippen molar-refractivity contribution in [3.05, 3.63) is 65.7 Å². The maximum atomic E-state index is 3.41. The Morgan fingerprint density at radius 2 is 1.74 bits per heavy atom. The van der Waals surface area contributed by atoms with Gasteiger partial charge in [-0.1, -0.05) is 42.5 Å². The van der Waals surface area contributed by atoms with Gasteiger partial charge in [0.15, 0.2) is 0 Å². The maximum Gasteiger partial charge on any atom is 0.0340 e. The zero-order valence-corrected chi connectivity index (χ0v) is 14.6. The molecule has 0 atom stereocenters. The van der Waals surface area contributed by atoms with Gasteiger partial charge in [0.25, 0.3) is 0 Å². The monoisotopic (exact) mass is 327 g/mol. The summed E-state index contributed by atoms with van der Waals surface area (Å²) in [7, 11) is 2.15. The first-order valence-corrected chi connectivity index (χ1v) is 9.02. The van der Waals surface area contributed by atoms with Crippen molar-refractivity contribution in [3.8, 4) is 0 Å². The van der Waals surface area contributed by atoms with Crippen LogP contribution in [0, 0.1) is 0 Å². The summed E-state index contributed by atoms with van der Waals surface area (Å²) in [6, 6.07) is 19.6. The minimum atomic E-state index is 0.952. The third-order valence-corrected chi connectivity index (χ3v) is 4.93. The molecule has 0 saturated carbocycles. The molecule has 0 radical (unpaired) electrons. The topological polar surface area (TPSA) is 18.5 Å². The smallest absolute Gasteiger partial charge is 0.0340 e. The number of rotatable bonds is 6. The van der Waals surface area contributed by atoms with Crippen LogP contribution in [0.1, 0.15) is 11.1 Å². The van der Waals surface area contributed by atoms with Gasteiger partial charge in [0, 0.05) is 44.2 Å². The summed E-state index contributed by atoms with van der Waals surface area (Å²) in [5.41, 5.74) is 2.75. The van der Waals surface area contributed by atoms with E-state index in [9.17, 15) is 0 Å². The van der Waals surface area contributed by atoms with Crippen LogP contribution >= 0.6 is 11.9 Å². The Labute approximate surface area is 143 Å². The molecule has 1 saturated heterocycles. The Balaban J connectivity index is 1.56. The zero-order valence-electron chi connectivity index (χ0n) is 13.7. The molecule has 0 unspecified atom stereocenters. The number of nitrogens with zero attached hydrogens (tertiary/aromatic N) is 2. The molecule has 0 spiro atoms. The van der Waals surface area contributed by atoms with Gasteiger partial charge in [-0.2, -0.15) is 0 Å². The van der Waals surface area contributed by atoms with Gasteiger partial charge in [0.05, 0.1) is 0 Å². The van der Waals surface area contributed by atoms with Crippen LogP contribution in [0.15, 0.2) is 59.5 Å². The molecule has 1 heterocycles. The maximum absolute atomic E-state index is 3.41. The Kier molecular flexibility index (Phi) is 6.11. The van der Waals surface area contributed by atoms with Gasteiger partial charge in [-0.15, -0.1) is 0 Å². The first-order chi connectivity index (χ1) is 11.3. The van der Waals surface area contributed by atoms with Crippen LogP contribution in [-0.4, -0.2) is 42.4 Å². The van der Waals surface area contributed by atoms with Crippen molar-refractivity contribution in [2.75, 3.05) is 33.2 Å². The lowest BCUT2D eigenvalue weighted by Gasteiger charge is -2.27. The van der Waals surface area contributed by atoms with Crippen LogP contribution in [0.25, 0.3) is 0 Å². The number of piperazine rings is 1. The lowest BCUT2D eigenvalue weighted by molar-refractivity contribution is 0.233. The van der Waals surface area contributed by atoms with Gasteiger partial charge in [0.1, 0.15) is 0 Å². The fourth-order valence-corrected chi connectivity index (χ4v) is 3.80. The van der Waals surface area contributed by atoms with Crippen LogP contribution in [0.4, 0.5) is 0 Å². The summed E-state index contributed by atoms with van der Waals surface area (Å²) in [4.78, 5) is 3.84. The summed E-state index contributed by atoms with van der Waals surface area (Å²) >= 11 is 1.82. The molecule has 1 fully saturated rings. The molecule has 4 heteroatoms. The van der Waals surface area contributed by atoms with Gasteiger partial charge < -0.3 is 5.32 Å². The molecule has 1 N–H and O–H groups in total. The van der Waals surface area contributed by atoms with Crippen molar-refractivity contribution in [1.29, 1.82) is 0 Å². The van der Waals surface area contributed by atoms with Gasteiger partial charge in [0.2, 0.25) is 0 Å². The average molecular weight is 327 g/mol. The van der Waals surface area contributed by atoms with Crippen molar-refractivity contribution in [1.82, 2.24) is 14.5 Å². The molecule has 1 aliphatic heterocycles. The standard InChI is InChI=1S/C19H25N3S/c1-21(15-17-6-3-2-4-7-17)23-19-9-5-8-18(14-19)16-22-12-10-20-11-13-22/h2-9,14,20H,10-13,15-16H2,1H3. The van der Waals surface area contributed by atoms with Crippen molar-refractivity contribution in [3.63, 3.8) is 0 Å². The first kappa shape index (κ1) is 16.5. The number of benzene rings is 2. The summed E-state index contributed by atoms with van der Waals surface area (Å²) in [5.74, 6) is 0. The van der Waals surface area contributed by atoms with Crippen LogP contribution in [0.3, 0.4) is 0 Å². The molecule has 0 bridgehead atoms. The average Bonchev–Trinajstić information content (AvgIpc) is 2.57. The lowest BCUT2D eigenvalue weighted by atomic mass is 10.2. The van der Waals surface area contributed by atoms with E-state index in [1.165, 1.54) is 16.0 Å². The van der Waals surface area contributed by atoms with E-state index in [1.807, 2.05) is 11.9 Å². The van der Waals surface area contributed by atoms with Crippen molar-refractivity contribution < 1.29 is 0 Å². The Bertz CT molecular complexity index is 597. The minimum absolute atomic E-state index is 0.952. The largest absolute Gasteiger partial charge is 0.314 e. The number of nitrogens with one attached hydrogen (secondary N) is 1. The predicted molar refractivity (Wildman–Crippen MR) is 98.4 cm³/mol. The summed E-state index contributed by atoms with van der Waals surface area (Å²) in [6.45, 7) is 6.51. The van der Waals surface area contributed by atoms with Crippen LogP contribution in [0.5, 0.6) is 0 Å². The molecule has 23 heavy (non-hydrogen) atoms. The number of hydrogen-bond donors (Lipinski definition) is 1. The van der Waals surface area contributed by atoms with Gasteiger partial charge >= 0.3 is 0 Å². The van der Waals surface area contributed by atoms with Gasteiger partial charge in [-0.05, 0) is 42.3 Å². The van der Waals surface area contributed by atoms with Crippen LogP contribution in [0.2, 0.25) is 0 Å². The SMILES string of the molecule is CN(Cc1ccccc1)Sc1cccc(CN2CCNCC2)c1. The molecule has 0 aliphatic carbocycles. The van der Waals surface area contributed by atoms with E-state index in [0.717, 1.165) is 39.3 Å². The molecular weight excluding hydrogens is 302 g/mol. The van der Waals surface area contributed by atoms with E-state index in [0.29, 0.717) is 0 Å². The molecule has 0 amide bonds. The third-order valence-electron chi connectivity index (χ3n) is 4.02. The van der Waals surface area contributed by atoms with Crippen molar-refractivity contribution in [2.45, 2.75) is 18.0 Å². The molecular formula is C19H25N3S. The van der Waals surface area contributed by atoms with E-state index in [-0.39, 0.29) is 0 Å². The lowest BCUT2D eigenvalue weighted by Crippen LogP contribution is -2.42. The molecule has 1 aliphatic rings. The third kappa shape index (κ3) is 5.36. The van der Waals surface area contributed by atoms with E-state index in [2.05, 4.69) is 76.2 Å². The molecule has 3 rings (SSSR count). The first-order valence-electron chi connectivity index (χ1n) is 8.25. The van der Waals surface area contributed by atoms with Gasteiger partial charge in [-0.25, -0.2) is 4.31 Å². The summed E-state index contributed by atoms with van der Waals surface area (Å²) in [5, 5.41) is 3.41. The Morgan fingerprint density at radius 1 is 1.00 bits per heavy atom. The molecule has 0 aromatic heterocycles. The highest BCUT2D eigenvalue weighted by Gasteiger charge is 2.10. The normalized spacial score (nSPS) is 15.9. The minimum Gasteiger partial charge on any atom is -0.314 e. The van der Waals surface area contributed by atoms with E-state index in [4.69, 9.17) is 0 Å².